The zero-order valence-corrected chi connectivity index (χ0v) is 5.64. The van der Waals surface area contributed by atoms with E-state index in [9.17, 15) is 13.2 Å². The Labute approximate surface area is 64.2 Å². The van der Waals surface area contributed by atoms with Gasteiger partial charge in [0.15, 0.2) is 5.69 Å². The van der Waals surface area contributed by atoms with Gasteiger partial charge < -0.3 is 4.42 Å². The molecule has 0 aliphatic carbocycles. The van der Waals surface area contributed by atoms with E-state index < -0.39 is 11.9 Å². The SMILES string of the molecule is FC(F)(F)c1[nH]nc2occc12. The molecule has 2 heterocycles. The monoisotopic (exact) mass is 176 g/mol. The Morgan fingerprint density at radius 1 is 1.42 bits per heavy atom. The van der Waals surface area contributed by atoms with Gasteiger partial charge in [-0.25, -0.2) is 0 Å². The Hall–Kier alpha value is -1.46. The summed E-state index contributed by atoms with van der Waals surface area (Å²) in [5.41, 5.74) is -0.895. The van der Waals surface area contributed by atoms with Crippen LogP contribution in [0.25, 0.3) is 11.1 Å². The molecule has 0 fully saturated rings. The lowest BCUT2D eigenvalue weighted by Crippen LogP contribution is -2.05. The third kappa shape index (κ3) is 0.876. The van der Waals surface area contributed by atoms with Gasteiger partial charge in [0.2, 0.25) is 5.71 Å². The summed E-state index contributed by atoms with van der Waals surface area (Å²) in [6, 6.07) is 1.22. The molecule has 2 rings (SSSR count). The number of rotatable bonds is 0. The van der Waals surface area contributed by atoms with Crippen molar-refractivity contribution in [2.75, 3.05) is 0 Å². The predicted octanol–water partition coefficient (Wildman–Crippen LogP) is 2.17. The zero-order chi connectivity index (χ0) is 8.77. The first-order valence-electron chi connectivity index (χ1n) is 3.08. The van der Waals surface area contributed by atoms with Gasteiger partial charge in [0, 0.05) is 0 Å². The van der Waals surface area contributed by atoms with Crippen LogP contribution in [0.15, 0.2) is 16.7 Å². The van der Waals surface area contributed by atoms with E-state index in [0.29, 0.717) is 0 Å². The van der Waals surface area contributed by atoms with Gasteiger partial charge in [-0.3, -0.25) is 5.10 Å². The second-order valence-electron chi connectivity index (χ2n) is 2.24. The lowest BCUT2D eigenvalue weighted by molar-refractivity contribution is -0.139. The van der Waals surface area contributed by atoms with E-state index in [2.05, 4.69) is 9.52 Å². The van der Waals surface area contributed by atoms with Crippen LogP contribution in [0, 0.1) is 0 Å². The molecule has 0 spiro atoms. The Morgan fingerprint density at radius 2 is 2.17 bits per heavy atom. The van der Waals surface area contributed by atoms with E-state index in [-0.39, 0.29) is 11.1 Å². The Morgan fingerprint density at radius 3 is 2.83 bits per heavy atom. The van der Waals surface area contributed by atoms with Crippen molar-refractivity contribution < 1.29 is 17.6 Å². The Balaban J connectivity index is 2.69. The molecule has 0 unspecified atom stereocenters. The minimum absolute atomic E-state index is 0.0256. The molecule has 0 radical (unpaired) electrons. The normalized spacial score (nSPS) is 12.6. The van der Waals surface area contributed by atoms with Crippen molar-refractivity contribution >= 4 is 11.1 Å². The number of alkyl halides is 3. The molecule has 0 saturated heterocycles. The van der Waals surface area contributed by atoms with Crippen LogP contribution in [0.4, 0.5) is 13.2 Å². The summed E-state index contributed by atoms with van der Waals surface area (Å²) in [6.45, 7) is 0. The summed E-state index contributed by atoms with van der Waals surface area (Å²) >= 11 is 0. The Bertz CT molecular complexity index is 400. The summed E-state index contributed by atoms with van der Waals surface area (Å²) in [4.78, 5) is 0. The number of aromatic amines is 1. The first-order valence-corrected chi connectivity index (χ1v) is 3.08. The van der Waals surface area contributed by atoms with Gasteiger partial charge in [-0.15, -0.1) is 5.10 Å². The first kappa shape index (κ1) is 7.20. The highest BCUT2D eigenvalue weighted by Gasteiger charge is 2.35. The molecule has 0 bridgehead atoms. The fraction of sp³-hybridized carbons (Fsp3) is 0.167. The minimum Gasteiger partial charge on any atom is -0.445 e. The number of hydrogen-bond donors (Lipinski definition) is 1. The number of furan rings is 1. The number of hydrogen-bond acceptors (Lipinski definition) is 2. The highest BCUT2D eigenvalue weighted by Crippen LogP contribution is 2.32. The van der Waals surface area contributed by atoms with Crippen LogP contribution in [-0.4, -0.2) is 10.2 Å². The summed E-state index contributed by atoms with van der Waals surface area (Å²) in [5, 5.41) is 5.16. The van der Waals surface area contributed by atoms with Gasteiger partial charge in [0.1, 0.15) is 0 Å². The van der Waals surface area contributed by atoms with Crippen molar-refractivity contribution in [1.82, 2.24) is 10.2 Å². The molecule has 0 amide bonds. The fourth-order valence-electron chi connectivity index (χ4n) is 0.961. The predicted molar refractivity (Wildman–Crippen MR) is 33.4 cm³/mol. The number of fused-ring (bicyclic) bond motifs is 1. The molecular formula is C6H3F3N2O. The topological polar surface area (TPSA) is 41.8 Å². The lowest BCUT2D eigenvalue weighted by Gasteiger charge is -2.00. The van der Waals surface area contributed by atoms with Crippen LogP contribution >= 0.6 is 0 Å². The highest BCUT2D eigenvalue weighted by atomic mass is 19.4. The second-order valence-corrected chi connectivity index (χ2v) is 2.24. The third-order valence-corrected chi connectivity index (χ3v) is 1.47. The smallest absolute Gasteiger partial charge is 0.433 e. The number of nitrogens with zero attached hydrogens (tertiary/aromatic N) is 1. The van der Waals surface area contributed by atoms with E-state index in [0.717, 1.165) is 0 Å². The van der Waals surface area contributed by atoms with Crippen molar-refractivity contribution in [3.63, 3.8) is 0 Å². The first-order chi connectivity index (χ1) is 5.59. The molecule has 0 aliphatic rings. The van der Waals surface area contributed by atoms with Gasteiger partial charge in [-0.05, 0) is 6.07 Å². The summed E-state index contributed by atoms with van der Waals surface area (Å²) in [7, 11) is 0. The standard InChI is InChI=1S/C6H3F3N2O/c7-6(8,9)4-3-1-2-12-5(3)11-10-4/h1-2H,(H,10,11). The lowest BCUT2D eigenvalue weighted by atomic mass is 10.3. The van der Waals surface area contributed by atoms with E-state index in [1.165, 1.54) is 12.3 Å². The van der Waals surface area contributed by atoms with E-state index in [1.807, 2.05) is 5.10 Å². The molecule has 12 heavy (non-hydrogen) atoms. The number of nitrogens with one attached hydrogen (secondary N) is 1. The average molecular weight is 176 g/mol. The van der Waals surface area contributed by atoms with Crippen molar-refractivity contribution in [2.24, 2.45) is 0 Å². The van der Waals surface area contributed by atoms with Crippen molar-refractivity contribution in [2.45, 2.75) is 6.18 Å². The van der Waals surface area contributed by atoms with Crippen molar-refractivity contribution in [3.8, 4) is 0 Å². The van der Waals surface area contributed by atoms with Gasteiger partial charge in [-0.2, -0.15) is 13.2 Å². The van der Waals surface area contributed by atoms with E-state index in [1.54, 1.807) is 0 Å². The molecule has 2 aromatic heterocycles. The number of halogens is 3. The van der Waals surface area contributed by atoms with E-state index in [4.69, 9.17) is 0 Å². The molecule has 0 aromatic carbocycles. The van der Waals surface area contributed by atoms with Crippen LogP contribution in [0.3, 0.4) is 0 Å². The van der Waals surface area contributed by atoms with Crippen LogP contribution in [0.1, 0.15) is 5.69 Å². The molecule has 1 N–H and O–H groups in total. The van der Waals surface area contributed by atoms with Gasteiger partial charge in [-0.1, -0.05) is 0 Å². The van der Waals surface area contributed by atoms with Crippen LogP contribution < -0.4 is 0 Å². The average Bonchev–Trinajstić information content (AvgIpc) is 2.37. The Kier molecular flexibility index (Phi) is 1.22. The van der Waals surface area contributed by atoms with Crippen LogP contribution in [0.2, 0.25) is 0 Å². The fourth-order valence-corrected chi connectivity index (χ4v) is 0.961. The zero-order valence-electron chi connectivity index (χ0n) is 5.64. The van der Waals surface area contributed by atoms with Crippen LogP contribution in [-0.2, 0) is 6.18 Å². The minimum atomic E-state index is -4.40. The summed E-state index contributed by atoms with van der Waals surface area (Å²) in [6.07, 6.45) is -3.24. The molecular weight excluding hydrogens is 173 g/mol. The molecule has 2 aromatic rings. The summed E-state index contributed by atoms with van der Waals surface area (Å²) < 4.78 is 41.0. The van der Waals surface area contributed by atoms with E-state index >= 15 is 0 Å². The molecule has 64 valence electrons. The van der Waals surface area contributed by atoms with Crippen molar-refractivity contribution in [3.05, 3.63) is 18.0 Å². The molecule has 6 heteroatoms. The van der Waals surface area contributed by atoms with Gasteiger partial charge in [0.05, 0.1) is 11.6 Å². The summed E-state index contributed by atoms with van der Waals surface area (Å²) in [5.74, 6) is 0. The highest BCUT2D eigenvalue weighted by molar-refractivity contribution is 5.76. The molecule has 0 aliphatic heterocycles. The number of H-pyrrole nitrogens is 1. The van der Waals surface area contributed by atoms with Gasteiger partial charge >= 0.3 is 6.18 Å². The maximum atomic E-state index is 12.1. The maximum Gasteiger partial charge on any atom is 0.433 e. The second kappa shape index (κ2) is 2.02. The molecule has 0 atom stereocenters. The van der Waals surface area contributed by atoms with Crippen LogP contribution in [0.5, 0.6) is 0 Å². The maximum absolute atomic E-state index is 12.1. The molecule has 3 nitrogen and oxygen atoms in total. The third-order valence-electron chi connectivity index (χ3n) is 1.47. The largest absolute Gasteiger partial charge is 0.445 e. The number of aromatic nitrogens is 2. The molecule has 0 saturated carbocycles. The van der Waals surface area contributed by atoms with Crippen molar-refractivity contribution in [1.29, 1.82) is 0 Å². The quantitative estimate of drug-likeness (QED) is 0.668. The van der Waals surface area contributed by atoms with Gasteiger partial charge in [0.25, 0.3) is 0 Å².